The zero-order chi connectivity index (χ0) is 19.6. The van der Waals surface area contributed by atoms with Crippen LogP contribution in [-0.2, 0) is 19.6 Å². The Morgan fingerprint density at radius 3 is 2.59 bits per heavy atom. The van der Waals surface area contributed by atoms with E-state index in [2.05, 4.69) is 0 Å². The number of carbonyl (C=O) groups is 1. The molecule has 0 saturated carbocycles. The predicted molar refractivity (Wildman–Crippen MR) is 103 cm³/mol. The van der Waals surface area contributed by atoms with E-state index in [1.165, 1.54) is 7.11 Å². The third kappa shape index (κ3) is 4.04. The molecule has 0 aliphatic carbocycles. The highest BCUT2D eigenvalue weighted by molar-refractivity contribution is 5.98. The molecule has 2 aromatic carbocycles. The van der Waals surface area contributed by atoms with E-state index in [9.17, 15) is 15.0 Å². The van der Waals surface area contributed by atoms with Crippen molar-refractivity contribution in [3.63, 3.8) is 0 Å². The summed E-state index contributed by atoms with van der Waals surface area (Å²) in [5.74, 6) is 1.19. The fourth-order valence-corrected chi connectivity index (χ4v) is 3.21. The van der Waals surface area contributed by atoms with Gasteiger partial charge in [-0.25, -0.2) is 0 Å². The summed E-state index contributed by atoms with van der Waals surface area (Å²) in [5.41, 5.74) is 2.94. The van der Waals surface area contributed by atoms with Crippen LogP contribution in [0.3, 0.4) is 0 Å². The van der Waals surface area contributed by atoms with Crippen molar-refractivity contribution < 1.29 is 24.5 Å². The number of methoxy groups -OCH3 is 1. The van der Waals surface area contributed by atoms with Crippen molar-refractivity contribution in [3.8, 4) is 11.5 Å². The quantitative estimate of drug-likeness (QED) is 0.765. The number of aliphatic hydroxyl groups is 2. The third-order valence-corrected chi connectivity index (χ3v) is 4.64. The van der Waals surface area contributed by atoms with Crippen LogP contribution < -0.4 is 9.47 Å². The first-order valence-electron chi connectivity index (χ1n) is 8.82. The maximum Gasteiger partial charge on any atom is 0.167 e. The van der Waals surface area contributed by atoms with Gasteiger partial charge in [-0.2, -0.15) is 0 Å². The Balaban J connectivity index is 1.86. The summed E-state index contributed by atoms with van der Waals surface area (Å²) in [4.78, 5) is 12.8. The topological polar surface area (TPSA) is 76.0 Å². The second-order valence-corrected chi connectivity index (χ2v) is 7.14. The maximum absolute atomic E-state index is 12.8. The molecule has 0 amide bonds. The maximum atomic E-state index is 12.8. The molecule has 0 aromatic heterocycles. The summed E-state index contributed by atoms with van der Waals surface area (Å²) in [7, 11) is 1.50. The number of rotatable bonds is 6. The predicted octanol–water partition coefficient (Wildman–Crippen LogP) is 3.29. The van der Waals surface area contributed by atoms with Gasteiger partial charge in [-0.1, -0.05) is 12.1 Å². The van der Waals surface area contributed by atoms with Crippen molar-refractivity contribution in [2.24, 2.45) is 0 Å². The molecule has 1 aliphatic heterocycles. The van der Waals surface area contributed by atoms with E-state index in [1.54, 1.807) is 18.2 Å². The average molecular weight is 368 g/mol. The highest BCUT2D eigenvalue weighted by Gasteiger charge is 2.22. The first kappa shape index (κ1) is 19.1. The molecule has 2 aromatic rings. The van der Waals surface area contributed by atoms with Gasteiger partial charge in [0.05, 0.1) is 20.3 Å². The van der Waals surface area contributed by atoms with Crippen molar-refractivity contribution in [1.29, 1.82) is 0 Å². The highest BCUT2D eigenvalue weighted by Crippen LogP contribution is 2.32. The number of ether oxygens (including phenoxy) is 2. The lowest BCUT2D eigenvalue weighted by atomic mass is 9.95. The molecule has 0 bridgehead atoms. The largest absolute Gasteiger partial charge is 0.496 e. The molecule has 2 N–H and O–H groups in total. The molecule has 0 fully saturated rings. The van der Waals surface area contributed by atoms with E-state index in [0.717, 1.165) is 16.9 Å². The number of aliphatic hydroxyl groups excluding tert-OH is 2. The molecule has 27 heavy (non-hydrogen) atoms. The second kappa shape index (κ2) is 7.55. The van der Waals surface area contributed by atoms with Gasteiger partial charge in [-0.05, 0) is 55.3 Å². The summed E-state index contributed by atoms with van der Waals surface area (Å²) < 4.78 is 11.2. The Bertz CT molecular complexity index is 871. The molecule has 0 atom stereocenters. The van der Waals surface area contributed by atoms with E-state index in [0.29, 0.717) is 22.4 Å². The fourth-order valence-electron chi connectivity index (χ4n) is 3.21. The van der Waals surface area contributed by atoms with Crippen molar-refractivity contribution >= 4 is 11.9 Å². The first-order chi connectivity index (χ1) is 12.9. The van der Waals surface area contributed by atoms with Gasteiger partial charge in [0, 0.05) is 23.1 Å². The minimum atomic E-state index is -0.357. The van der Waals surface area contributed by atoms with Crippen LogP contribution in [0.25, 0.3) is 6.08 Å². The van der Waals surface area contributed by atoms with Gasteiger partial charge in [0.1, 0.15) is 17.1 Å². The smallest absolute Gasteiger partial charge is 0.167 e. The number of carbonyl (C=O) groups excluding carboxylic acids is 1. The molecule has 1 aliphatic rings. The number of benzene rings is 2. The van der Waals surface area contributed by atoms with Crippen LogP contribution in [0.1, 0.15) is 46.5 Å². The normalized spacial score (nSPS) is 14.4. The second-order valence-electron chi connectivity index (χ2n) is 7.14. The van der Waals surface area contributed by atoms with Gasteiger partial charge >= 0.3 is 0 Å². The van der Waals surface area contributed by atoms with E-state index in [4.69, 9.17) is 9.47 Å². The molecule has 0 unspecified atom stereocenters. The van der Waals surface area contributed by atoms with Gasteiger partial charge in [0.25, 0.3) is 0 Å². The molecule has 1 heterocycles. The van der Waals surface area contributed by atoms with Gasteiger partial charge in [0.2, 0.25) is 0 Å². The summed E-state index contributed by atoms with van der Waals surface area (Å²) >= 11 is 0. The minimum absolute atomic E-state index is 0.0428. The minimum Gasteiger partial charge on any atom is -0.496 e. The summed E-state index contributed by atoms with van der Waals surface area (Å²) in [5, 5.41) is 19.0. The van der Waals surface area contributed by atoms with Crippen LogP contribution in [0.4, 0.5) is 0 Å². The number of hydrogen-bond acceptors (Lipinski definition) is 5. The van der Waals surface area contributed by atoms with Crippen molar-refractivity contribution in [1.82, 2.24) is 0 Å². The number of Topliss-reactive ketones (excluding diaryl/α,β-unsaturated/α-hetero) is 1. The SMILES string of the molecule is COc1cc(CC(=O)c2ccc3c(c2)C=CC(C)(C)O3)cc(CO)c1CO. The zero-order valence-electron chi connectivity index (χ0n) is 15.8. The molecule has 0 spiro atoms. The lowest BCUT2D eigenvalue weighted by molar-refractivity contribution is 0.0992. The van der Waals surface area contributed by atoms with Crippen molar-refractivity contribution in [2.45, 2.75) is 39.1 Å². The summed E-state index contributed by atoms with van der Waals surface area (Å²) in [6.07, 6.45) is 4.11. The molecule has 5 heteroatoms. The molecular formula is C22H24O5. The molecular weight excluding hydrogens is 344 g/mol. The Labute approximate surface area is 158 Å². The number of fused-ring (bicyclic) bond motifs is 1. The van der Waals surface area contributed by atoms with Gasteiger partial charge in [0.15, 0.2) is 5.78 Å². The van der Waals surface area contributed by atoms with Crippen molar-refractivity contribution in [2.75, 3.05) is 7.11 Å². The monoisotopic (exact) mass is 368 g/mol. The van der Waals surface area contributed by atoms with Gasteiger partial charge in [-0.3, -0.25) is 4.79 Å². The van der Waals surface area contributed by atoms with Crippen LogP contribution in [-0.4, -0.2) is 28.7 Å². The van der Waals surface area contributed by atoms with Crippen LogP contribution in [0.5, 0.6) is 11.5 Å². The first-order valence-corrected chi connectivity index (χ1v) is 8.82. The Morgan fingerprint density at radius 1 is 1.15 bits per heavy atom. The summed E-state index contributed by atoms with van der Waals surface area (Å²) in [6.45, 7) is 3.49. The molecule has 0 saturated heterocycles. The average Bonchev–Trinajstić information content (AvgIpc) is 2.65. The fraction of sp³-hybridized carbons (Fsp3) is 0.318. The van der Waals surface area contributed by atoms with Gasteiger partial charge in [-0.15, -0.1) is 0 Å². The lowest BCUT2D eigenvalue weighted by Crippen LogP contribution is -2.27. The number of ketones is 1. The Hall–Kier alpha value is -2.63. The van der Waals surface area contributed by atoms with Crippen LogP contribution in [0, 0.1) is 0 Å². The zero-order valence-corrected chi connectivity index (χ0v) is 15.8. The number of hydrogen-bond donors (Lipinski definition) is 2. The van der Waals surface area contributed by atoms with E-state index in [-0.39, 0.29) is 31.0 Å². The Kier molecular flexibility index (Phi) is 5.35. The van der Waals surface area contributed by atoms with Crippen molar-refractivity contribution in [3.05, 3.63) is 64.2 Å². The molecule has 0 radical (unpaired) electrons. The van der Waals surface area contributed by atoms with E-state index < -0.39 is 0 Å². The van der Waals surface area contributed by atoms with Crippen LogP contribution >= 0.6 is 0 Å². The lowest BCUT2D eigenvalue weighted by Gasteiger charge is -2.27. The van der Waals surface area contributed by atoms with Crippen LogP contribution in [0.15, 0.2) is 36.4 Å². The standard InChI is InChI=1S/C22H24O5/c1-22(2)7-6-16-11-15(4-5-20(16)27-22)19(25)9-14-8-17(12-23)18(13-24)21(10-14)26-3/h4-8,10-11,23-24H,9,12-13H2,1-3H3. The highest BCUT2D eigenvalue weighted by atomic mass is 16.5. The molecule has 5 nitrogen and oxygen atoms in total. The Morgan fingerprint density at radius 2 is 1.93 bits per heavy atom. The van der Waals surface area contributed by atoms with Crippen LogP contribution in [0.2, 0.25) is 0 Å². The summed E-state index contributed by atoms with van der Waals surface area (Å²) in [6, 6.07) is 8.88. The van der Waals surface area contributed by atoms with E-state index >= 15 is 0 Å². The van der Waals surface area contributed by atoms with E-state index in [1.807, 2.05) is 38.1 Å². The molecule has 3 rings (SSSR count). The van der Waals surface area contributed by atoms with Gasteiger partial charge < -0.3 is 19.7 Å². The molecule has 142 valence electrons. The third-order valence-electron chi connectivity index (χ3n) is 4.64.